The number of anilines is 3. The van der Waals surface area contributed by atoms with Crippen LogP contribution in [0.4, 0.5) is 17.1 Å². The van der Waals surface area contributed by atoms with Gasteiger partial charge in [-0.1, -0.05) is 146 Å². The van der Waals surface area contributed by atoms with Crippen LogP contribution in [0.25, 0.3) is 77.9 Å². The number of nitrogens with zero attached hydrogens (tertiary/aromatic N) is 2. The molecule has 0 radical (unpaired) electrons. The van der Waals surface area contributed by atoms with Crippen LogP contribution in [0.15, 0.2) is 203 Å². The van der Waals surface area contributed by atoms with Gasteiger partial charge in [0.25, 0.3) is 0 Å². The maximum absolute atomic E-state index is 6.54. The quantitative estimate of drug-likeness (QED) is 0.168. The number of furan rings is 1. The number of fused-ring (bicyclic) bond motifs is 4. The number of para-hydroxylation sites is 1. The van der Waals surface area contributed by atoms with E-state index in [0.717, 1.165) is 72.3 Å². The summed E-state index contributed by atoms with van der Waals surface area (Å²) in [6.07, 6.45) is 0. The Morgan fingerprint density at radius 3 is 1.55 bits per heavy atom. The SMILES string of the molecule is c1ccc(-c2ccc(-c3ccc(N(c4cccc(-c5ccccc5)c4)c4c5nc(-c6ccccc6)oc5cc5oc6ccccc6c45)cc3)cc2)cc1. The molecule has 8 aromatic carbocycles. The highest BCUT2D eigenvalue weighted by atomic mass is 16.4. The molecule has 2 heterocycles. The first-order valence-corrected chi connectivity index (χ1v) is 17.8. The molecule has 0 amide bonds. The molecule has 0 N–H and O–H groups in total. The highest BCUT2D eigenvalue weighted by molar-refractivity contribution is 6.20. The van der Waals surface area contributed by atoms with Gasteiger partial charge < -0.3 is 13.7 Å². The number of rotatable bonds is 7. The zero-order valence-corrected chi connectivity index (χ0v) is 28.7. The summed E-state index contributed by atoms with van der Waals surface area (Å²) in [6, 6.07) is 67.5. The van der Waals surface area contributed by atoms with Gasteiger partial charge in [0.05, 0.1) is 11.1 Å². The Morgan fingerprint density at radius 2 is 0.887 bits per heavy atom. The van der Waals surface area contributed by atoms with Crippen molar-refractivity contribution in [3.63, 3.8) is 0 Å². The molecule has 4 nitrogen and oxygen atoms in total. The lowest BCUT2D eigenvalue weighted by Crippen LogP contribution is -2.11. The molecular formula is C49H32N2O2. The Bertz CT molecular complexity index is 2860. The van der Waals surface area contributed by atoms with Crippen molar-refractivity contribution in [1.29, 1.82) is 0 Å². The van der Waals surface area contributed by atoms with Crippen LogP contribution in [-0.4, -0.2) is 4.98 Å². The van der Waals surface area contributed by atoms with Crippen LogP contribution in [0.3, 0.4) is 0 Å². The molecular weight excluding hydrogens is 649 g/mol. The Labute approximate surface area is 306 Å². The smallest absolute Gasteiger partial charge is 0.227 e. The molecule has 10 rings (SSSR count). The number of aromatic nitrogens is 1. The number of oxazole rings is 1. The fourth-order valence-corrected chi connectivity index (χ4v) is 7.32. The predicted octanol–water partition coefficient (Wildman–Crippen LogP) is 13.9. The maximum atomic E-state index is 6.54. The third-order valence-corrected chi connectivity index (χ3v) is 9.91. The largest absolute Gasteiger partial charge is 0.456 e. The molecule has 0 bridgehead atoms. The van der Waals surface area contributed by atoms with Gasteiger partial charge in [-0.3, -0.25) is 0 Å². The summed E-state index contributed by atoms with van der Waals surface area (Å²) in [5, 5.41) is 2.00. The van der Waals surface area contributed by atoms with Crippen LogP contribution >= 0.6 is 0 Å². The average Bonchev–Trinajstić information content (AvgIpc) is 3.84. The van der Waals surface area contributed by atoms with Gasteiger partial charge in [0, 0.05) is 28.4 Å². The lowest BCUT2D eigenvalue weighted by atomic mass is 9.99. The second-order valence-electron chi connectivity index (χ2n) is 13.2. The Balaban J connectivity index is 1.19. The number of benzene rings is 8. The van der Waals surface area contributed by atoms with E-state index in [1.165, 1.54) is 11.1 Å². The first-order valence-electron chi connectivity index (χ1n) is 17.8. The van der Waals surface area contributed by atoms with Gasteiger partial charge in [0.2, 0.25) is 5.89 Å². The molecule has 53 heavy (non-hydrogen) atoms. The van der Waals surface area contributed by atoms with Gasteiger partial charge in [0.1, 0.15) is 16.7 Å². The predicted molar refractivity (Wildman–Crippen MR) is 218 cm³/mol. The van der Waals surface area contributed by atoms with Crippen LogP contribution < -0.4 is 4.90 Å². The summed E-state index contributed by atoms with van der Waals surface area (Å²) >= 11 is 0. The summed E-state index contributed by atoms with van der Waals surface area (Å²) in [7, 11) is 0. The van der Waals surface area contributed by atoms with Gasteiger partial charge in [0.15, 0.2) is 5.58 Å². The summed E-state index contributed by atoms with van der Waals surface area (Å²) in [4.78, 5) is 7.52. The molecule has 0 aliphatic heterocycles. The second-order valence-corrected chi connectivity index (χ2v) is 13.2. The topological polar surface area (TPSA) is 42.4 Å². The van der Waals surface area contributed by atoms with Crippen LogP contribution in [0.1, 0.15) is 0 Å². The minimum absolute atomic E-state index is 0.561. The highest BCUT2D eigenvalue weighted by Crippen LogP contribution is 2.48. The molecule has 0 atom stereocenters. The van der Waals surface area contributed by atoms with E-state index in [0.29, 0.717) is 11.5 Å². The molecule has 250 valence electrons. The van der Waals surface area contributed by atoms with Crippen LogP contribution in [0.5, 0.6) is 0 Å². The normalized spacial score (nSPS) is 11.4. The zero-order valence-electron chi connectivity index (χ0n) is 28.7. The zero-order chi connectivity index (χ0) is 35.1. The van der Waals surface area contributed by atoms with Crippen molar-refractivity contribution >= 4 is 50.1 Å². The van der Waals surface area contributed by atoms with Crippen LogP contribution in [0.2, 0.25) is 0 Å². The second kappa shape index (κ2) is 12.9. The third kappa shape index (κ3) is 5.54. The Morgan fingerprint density at radius 1 is 0.358 bits per heavy atom. The molecule has 0 fully saturated rings. The van der Waals surface area contributed by atoms with Crippen molar-refractivity contribution in [2.45, 2.75) is 0 Å². The monoisotopic (exact) mass is 680 g/mol. The molecule has 0 aliphatic carbocycles. The minimum Gasteiger partial charge on any atom is -0.456 e. The molecule has 4 heteroatoms. The van der Waals surface area contributed by atoms with Crippen LogP contribution in [-0.2, 0) is 0 Å². The molecule has 0 unspecified atom stereocenters. The minimum atomic E-state index is 0.561. The van der Waals surface area contributed by atoms with Crippen molar-refractivity contribution in [2.75, 3.05) is 4.90 Å². The van der Waals surface area contributed by atoms with Crippen molar-refractivity contribution in [3.05, 3.63) is 194 Å². The van der Waals surface area contributed by atoms with E-state index >= 15 is 0 Å². The molecule has 10 aromatic rings. The fraction of sp³-hybridized carbons (Fsp3) is 0. The van der Waals surface area contributed by atoms with Crippen molar-refractivity contribution in [1.82, 2.24) is 4.98 Å². The molecule has 0 aliphatic rings. The van der Waals surface area contributed by atoms with Gasteiger partial charge in [-0.15, -0.1) is 0 Å². The molecule has 0 saturated carbocycles. The average molecular weight is 681 g/mol. The van der Waals surface area contributed by atoms with Gasteiger partial charge >= 0.3 is 0 Å². The summed E-state index contributed by atoms with van der Waals surface area (Å²) in [6.45, 7) is 0. The van der Waals surface area contributed by atoms with Gasteiger partial charge in [-0.2, -0.15) is 0 Å². The van der Waals surface area contributed by atoms with Crippen molar-refractivity contribution in [3.8, 4) is 44.8 Å². The third-order valence-electron chi connectivity index (χ3n) is 9.91. The van der Waals surface area contributed by atoms with E-state index in [9.17, 15) is 0 Å². The van der Waals surface area contributed by atoms with Crippen molar-refractivity contribution in [2.24, 2.45) is 0 Å². The van der Waals surface area contributed by atoms with E-state index in [2.05, 4.69) is 138 Å². The van der Waals surface area contributed by atoms with Crippen molar-refractivity contribution < 1.29 is 8.83 Å². The summed E-state index contributed by atoms with van der Waals surface area (Å²) in [5.41, 5.74) is 13.7. The van der Waals surface area contributed by atoms with E-state index in [4.69, 9.17) is 13.8 Å². The van der Waals surface area contributed by atoms with E-state index in [1.54, 1.807) is 0 Å². The summed E-state index contributed by atoms with van der Waals surface area (Å²) < 4.78 is 13.1. The Hall–Kier alpha value is -7.17. The van der Waals surface area contributed by atoms with E-state index < -0.39 is 0 Å². The Kier molecular flexibility index (Phi) is 7.43. The fourth-order valence-electron chi connectivity index (χ4n) is 7.32. The summed E-state index contributed by atoms with van der Waals surface area (Å²) in [5.74, 6) is 0.561. The standard InChI is InChI=1S/C49H32N2O2/c1-4-13-33(14-5-1)35-23-25-36(26-24-35)37-27-29-40(30-28-37)51(41-20-12-19-39(31-41)34-15-6-2-7-16-34)48-46-42-21-10-11-22-43(42)52-44(46)32-45-47(48)50-49(53-45)38-17-8-3-9-18-38/h1-32H. The molecule has 0 saturated heterocycles. The maximum Gasteiger partial charge on any atom is 0.227 e. The first kappa shape index (κ1) is 30.6. The lowest BCUT2D eigenvalue weighted by Gasteiger charge is -2.27. The molecule has 2 aromatic heterocycles. The number of hydrogen-bond acceptors (Lipinski definition) is 4. The molecule has 0 spiro atoms. The first-order chi connectivity index (χ1) is 26.3. The highest BCUT2D eigenvalue weighted by Gasteiger charge is 2.26. The van der Waals surface area contributed by atoms with E-state index in [-0.39, 0.29) is 0 Å². The van der Waals surface area contributed by atoms with Crippen LogP contribution in [0, 0.1) is 0 Å². The van der Waals surface area contributed by atoms with Gasteiger partial charge in [-0.05, 0) is 75.8 Å². The van der Waals surface area contributed by atoms with E-state index in [1.807, 2.05) is 60.7 Å². The van der Waals surface area contributed by atoms with Gasteiger partial charge in [-0.25, -0.2) is 4.98 Å². The lowest BCUT2D eigenvalue weighted by molar-refractivity contribution is 0.617. The number of hydrogen-bond donors (Lipinski definition) is 0.